The molecule has 0 aliphatic heterocycles. The number of alkyl halides is 2. The molecule has 0 aliphatic rings. The molecule has 1 aromatic rings. The van der Waals surface area contributed by atoms with Gasteiger partial charge in [0.15, 0.2) is 0 Å². The lowest BCUT2D eigenvalue weighted by Crippen LogP contribution is -2.31. The van der Waals surface area contributed by atoms with Crippen molar-refractivity contribution >= 4 is 11.6 Å². The van der Waals surface area contributed by atoms with Gasteiger partial charge in [-0.25, -0.2) is 13.2 Å². The first-order valence-electron chi connectivity index (χ1n) is 3.98. The SMILES string of the molecule is NC(Cc1cc(F)ccc1Cl)C(F)F. The van der Waals surface area contributed by atoms with Gasteiger partial charge in [0.25, 0.3) is 6.43 Å². The number of nitrogens with two attached hydrogens (primary N) is 1. The average Bonchev–Trinajstić information content (AvgIpc) is 2.11. The maximum Gasteiger partial charge on any atom is 0.253 e. The Morgan fingerprint density at radius 1 is 1.36 bits per heavy atom. The highest BCUT2D eigenvalue weighted by Crippen LogP contribution is 2.19. The number of halogens is 4. The van der Waals surface area contributed by atoms with Crippen LogP contribution in [0.25, 0.3) is 0 Å². The fourth-order valence-corrected chi connectivity index (χ4v) is 1.24. The second-order valence-electron chi connectivity index (χ2n) is 2.94. The largest absolute Gasteiger partial charge is 0.323 e. The van der Waals surface area contributed by atoms with Gasteiger partial charge in [-0.15, -0.1) is 0 Å². The molecule has 1 nitrogen and oxygen atoms in total. The Balaban J connectivity index is 2.80. The van der Waals surface area contributed by atoms with E-state index in [1.165, 1.54) is 12.1 Å². The highest BCUT2D eigenvalue weighted by Gasteiger charge is 2.17. The third-order valence-corrected chi connectivity index (χ3v) is 2.16. The summed E-state index contributed by atoms with van der Waals surface area (Å²) in [5.74, 6) is -0.508. The van der Waals surface area contributed by atoms with E-state index in [0.717, 1.165) is 6.07 Å². The molecule has 0 radical (unpaired) electrons. The lowest BCUT2D eigenvalue weighted by atomic mass is 10.1. The average molecular weight is 224 g/mol. The summed E-state index contributed by atoms with van der Waals surface area (Å²) < 4.78 is 36.9. The molecule has 0 spiro atoms. The zero-order valence-corrected chi connectivity index (χ0v) is 7.94. The Kier molecular flexibility index (Phi) is 3.77. The monoisotopic (exact) mass is 223 g/mol. The van der Waals surface area contributed by atoms with E-state index in [1.54, 1.807) is 0 Å². The summed E-state index contributed by atoms with van der Waals surface area (Å²) in [5, 5.41) is 0.252. The summed E-state index contributed by atoms with van der Waals surface area (Å²) in [6.45, 7) is 0. The Morgan fingerprint density at radius 2 is 2.00 bits per heavy atom. The molecule has 78 valence electrons. The number of rotatable bonds is 3. The highest BCUT2D eigenvalue weighted by atomic mass is 35.5. The van der Waals surface area contributed by atoms with Gasteiger partial charge in [0.2, 0.25) is 0 Å². The third kappa shape index (κ3) is 2.89. The summed E-state index contributed by atoms with van der Waals surface area (Å²) in [6, 6.07) is 2.30. The molecule has 0 aromatic heterocycles. The van der Waals surface area contributed by atoms with Crippen LogP contribution in [-0.4, -0.2) is 12.5 Å². The van der Waals surface area contributed by atoms with Crippen LogP contribution in [0, 0.1) is 5.82 Å². The molecule has 14 heavy (non-hydrogen) atoms. The second kappa shape index (κ2) is 4.66. The van der Waals surface area contributed by atoms with E-state index < -0.39 is 18.3 Å². The molecule has 0 saturated carbocycles. The molecule has 2 N–H and O–H groups in total. The van der Waals surface area contributed by atoms with Gasteiger partial charge in [-0.3, -0.25) is 0 Å². The maximum atomic E-state index is 12.7. The Bertz CT molecular complexity index is 317. The predicted octanol–water partition coefficient (Wildman–Crippen LogP) is 2.61. The Labute approximate surface area is 84.7 Å². The van der Waals surface area contributed by atoms with Crippen LogP contribution >= 0.6 is 11.6 Å². The van der Waals surface area contributed by atoms with Crippen molar-refractivity contribution in [2.24, 2.45) is 5.73 Å². The quantitative estimate of drug-likeness (QED) is 0.838. The fraction of sp³-hybridized carbons (Fsp3) is 0.333. The normalized spacial score (nSPS) is 13.3. The van der Waals surface area contributed by atoms with Crippen LogP contribution < -0.4 is 5.73 Å². The maximum absolute atomic E-state index is 12.7. The van der Waals surface area contributed by atoms with Gasteiger partial charge in [0, 0.05) is 5.02 Å². The number of hydrogen-bond donors (Lipinski definition) is 1. The van der Waals surface area contributed by atoms with E-state index in [0.29, 0.717) is 5.56 Å². The smallest absolute Gasteiger partial charge is 0.253 e. The molecule has 0 bridgehead atoms. The van der Waals surface area contributed by atoms with Crippen molar-refractivity contribution in [2.45, 2.75) is 18.9 Å². The summed E-state index contributed by atoms with van der Waals surface area (Å²) >= 11 is 5.68. The first-order valence-corrected chi connectivity index (χ1v) is 4.36. The van der Waals surface area contributed by atoms with E-state index in [-0.39, 0.29) is 11.4 Å². The van der Waals surface area contributed by atoms with Crippen LogP contribution in [0.1, 0.15) is 5.56 Å². The molecule has 0 aliphatic carbocycles. The summed E-state index contributed by atoms with van der Waals surface area (Å²) in [7, 11) is 0. The topological polar surface area (TPSA) is 26.0 Å². The van der Waals surface area contributed by atoms with Crippen molar-refractivity contribution in [1.29, 1.82) is 0 Å². The molecule has 0 amide bonds. The molecule has 0 saturated heterocycles. The zero-order valence-electron chi connectivity index (χ0n) is 7.18. The predicted molar refractivity (Wildman–Crippen MR) is 49.1 cm³/mol. The minimum absolute atomic E-state index is 0.131. The standard InChI is InChI=1S/C9H9ClF3N/c10-7-2-1-6(11)3-5(7)4-8(14)9(12)13/h1-3,8-9H,4,14H2. The molecule has 1 atom stereocenters. The first-order chi connectivity index (χ1) is 6.50. The van der Waals surface area contributed by atoms with Crippen molar-refractivity contribution < 1.29 is 13.2 Å². The minimum Gasteiger partial charge on any atom is -0.323 e. The summed E-state index contributed by atoms with van der Waals surface area (Å²) in [4.78, 5) is 0. The summed E-state index contributed by atoms with van der Waals surface area (Å²) in [5.41, 5.74) is 5.44. The van der Waals surface area contributed by atoms with Crippen LogP contribution in [0.2, 0.25) is 5.02 Å². The molecule has 1 rings (SSSR count). The van der Waals surface area contributed by atoms with Gasteiger partial charge < -0.3 is 5.73 Å². The molecule has 5 heteroatoms. The van der Waals surface area contributed by atoms with Crippen LogP contribution in [0.4, 0.5) is 13.2 Å². The number of benzene rings is 1. The van der Waals surface area contributed by atoms with Crippen LogP contribution in [0.15, 0.2) is 18.2 Å². The molecular weight excluding hydrogens is 215 g/mol. The molecular formula is C9H9ClF3N. The van der Waals surface area contributed by atoms with E-state index in [9.17, 15) is 13.2 Å². The van der Waals surface area contributed by atoms with Crippen molar-refractivity contribution in [3.05, 3.63) is 34.6 Å². The van der Waals surface area contributed by atoms with Crippen LogP contribution in [0.3, 0.4) is 0 Å². The lowest BCUT2D eigenvalue weighted by molar-refractivity contribution is 0.116. The highest BCUT2D eigenvalue weighted by molar-refractivity contribution is 6.31. The zero-order chi connectivity index (χ0) is 10.7. The van der Waals surface area contributed by atoms with Gasteiger partial charge >= 0.3 is 0 Å². The van der Waals surface area contributed by atoms with Crippen molar-refractivity contribution in [3.63, 3.8) is 0 Å². The fourth-order valence-electron chi connectivity index (χ4n) is 1.04. The van der Waals surface area contributed by atoms with Crippen molar-refractivity contribution in [2.75, 3.05) is 0 Å². The lowest BCUT2D eigenvalue weighted by Gasteiger charge is -2.11. The molecule has 1 unspecified atom stereocenters. The Morgan fingerprint density at radius 3 is 2.57 bits per heavy atom. The van der Waals surface area contributed by atoms with E-state index in [4.69, 9.17) is 17.3 Å². The van der Waals surface area contributed by atoms with Gasteiger partial charge in [-0.2, -0.15) is 0 Å². The van der Waals surface area contributed by atoms with Crippen LogP contribution in [0.5, 0.6) is 0 Å². The minimum atomic E-state index is -2.63. The Hall–Kier alpha value is -0.740. The van der Waals surface area contributed by atoms with Crippen molar-refractivity contribution in [3.8, 4) is 0 Å². The second-order valence-corrected chi connectivity index (χ2v) is 3.35. The van der Waals surface area contributed by atoms with Crippen molar-refractivity contribution in [1.82, 2.24) is 0 Å². The first kappa shape index (κ1) is 11.3. The number of hydrogen-bond acceptors (Lipinski definition) is 1. The van der Waals surface area contributed by atoms with Gasteiger partial charge in [-0.05, 0) is 30.2 Å². The van der Waals surface area contributed by atoms with Gasteiger partial charge in [0.1, 0.15) is 5.82 Å². The van der Waals surface area contributed by atoms with Gasteiger partial charge in [0.05, 0.1) is 6.04 Å². The van der Waals surface area contributed by atoms with E-state index in [1.807, 2.05) is 0 Å². The van der Waals surface area contributed by atoms with E-state index in [2.05, 4.69) is 0 Å². The third-order valence-electron chi connectivity index (χ3n) is 1.79. The van der Waals surface area contributed by atoms with Crippen LogP contribution in [-0.2, 0) is 6.42 Å². The molecule has 0 heterocycles. The van der Waals surface area contributed by atoms with Gasteiger partial charge in [-0.1, -0.05) is 11.6 Å². The summed E-state index contributed by atoms with van der Waals surface area (Å²) in [6.07, 6.45) is -2.76. The molecule has 0 fully saturated rings. The molecule has 1 aromatic carbocycles. The van der Waals surface area contributed by atoms with E-state index >= 15 is 0 Å².